The van der Waals surface area contributed by atoms with Crippen LogP contribution < -0.4 is 0 Å². The van der Waals surface area contributed by atoms with Crippen LogP contribution in [0.2, 0.25) is 0 Å². The van der Waals surface area contributed by atoms with E-state index in [1.165, 1.54) is 231 Å². The lowest BCUT2D eigenvalue weighted by molar-refractivity contribution is -0.167. The summed E-state index contributed by atoms with van der Waals surface area (Å²) in [5.41, 5.74) is 0. The van der Waals surface area contributed by atoms with Gasteiger partial charge in [0.05, 0.1) is 0 Å². The van der Waals surface area contributed by atoms with Crippen LogP contribution in [0.1, 0.15) is 329 Å². The molecule has 0 N–H and O–H groups in total. The Balaban J connectivity index is 4.27. The van der Waals surface area contributed by atoms with Gasteiger partial charge in [0, 0.05) is 19.3 Å². The summed E-state index contributed by atoms with van der Waals surface area (Å²) < 4.78 is 16.9. The number of carbonyl (C=O) groups is 3. The molecule has 0 fully saturated rings. The average Bonchev–Trinajstić information content (AvgIpc) is 3.28. The Bertz CT molecular complexity index is 936. The van der Waals surface area contributed by atoms with Crippen molar-refractivity contribution in [2.45, 2.75) is 335 Å². The fourth-order valence-corrected chi connectivity index (χ4v) is 8.80. The highest BCUT2D eigenvalue weighted by Crippen LogP contribution is 2.17. The summed E-state index contributed by atoms with van der Waals surface area (Å²) in [6.07, 6.45) is 58.0. The molecule has 0 aliphatic rings. The predicted molar refractivity (Wildman–Crippen MR) is 270 cm³/mol. The Morgan fingerprint density at radius 1 is 0.254 bits per heavy atom. The molecule has 1 unspecified atom stereocenters. The first-order chi connectivity index (χ1) is 31.0. The Morgan fingerprint density at radius 3 is 0.635 bits per heavy atom. The monoisotopic (exact) mass is 891 g/mol. The lowest BCUT2D eigenvalue weighted by Crippen LogP contribution is -2.30. The molecule has 0 heterocycles. The van der Waals surface area contributed by atoms with E-state index in [1.54, 1.807) is 0 Å². The second-order valence-corrected chi connectivity index (χ2v) is 19.6. The minimum Gasteiger partial charge on any atom is -0.462 e. The number of hydrogen-bond donors (Lipinski definition) is 0. The molecule has 0 aliphatic heterocycles. The van der Waals surface area contributed by atoms with Crippen molar-refractivity contribution < 1.29 is 28.6 Å². The average molecular weight is 892 g/mol. The van der Waals surface area contributed by atoms with E-state index in [9.17, 15) is 14.4 Å². The smallest absolute Gasteiger partial charge is 0.306 e. The summed E-state index contributed by atoms with van der Waals surface area (Å²) in [4.78, 5) is 38.1. The van der Waals surface area contributed by atoms with Crippen LogP contribution in [0.3, 0.4) is 0 Å². The lowest BCUT2D eigenvalue weighted by atomic mass is 10.0. The Hall–Kier alpha value is -1.59. The van der Waals surface area contributed by atoms with Crippen LogP contribution in [0, 0.1) is 0 Å². The number of hydrogen-bond acceptors (Lipinski definition) is 6. The van der Waals surface area contributed by atoms with Crippen LogP contribution in [0.25, 0.3) is 0 Å². The molecule has 1 atom stereocenters. The zero-order chi connectivity index (χ0) is 45.8. The zero-order valence-electron chi connectivity index (χ0n) is 42.9. The molecule has 0 aromatic carbocycles. The molecule has 0 aromatic rings. The number of esters is 3. The molecule has 0 rings (SSSR count). The second kappa shape index (κ2) is 53.0. The van der Waals surface area contributed by atoms with E-state index < -0.39 is 6.10 Å². The maximum atomic E-state index is 12.8. The van der Waals surface area contributed by atoms with Gasteiger partial charge in [-0.25, -0.2) is 0 Å². The summed E-state index contributed by atoms with van der Waals surface area (Å²) in [7, 11) is 0. The third-order valence-corrected chi connectivity index (χ3v) is 13.1. The van der Waals surface area contributed by atoms with Crippen LogP contribution in [-0.2, 0) is 28.6 Å². The second-order valence-electron chi connectivity index (χ2n) is 19.6. The fraction of sp³-hybridized carbons (Fsp3) is 0.947. The standard InChI is InChI=1S/C57H110O6/c1-4-7-10-13-16-19-22-25-27-28-29-30-33-35-38-41-44-47-50-56(59)62-53-54(52-61-55(58)49-46-43-40-37-34-31-24-21-18-15-12-9-6-3)63-57(60)51-48-45-42-39-36-32-26-23-20-17-14-11-8-5-2/h54H,4-53H2,1-3H3. The van der Waals surface area contributed by atoms with E-state index >= 15 is 0 Å². The topological polar surface area (TPSA) is 78.9 Å². The van der Waals surface area contributed by atoms with Gasteiger partial charge in [-0.1, -0.05) is 290 Å². The molecular formula is C57H110O6. The summed E-state index contributed by atoms with van der Waals surface area (Å²) in [5, 5.41) is 0. The van der Waals surface area contributed by atoms with Gasteiger partial charge >= 0.3 is 17.9 Å². The SMILES string of the molecule is CCCCCCCCCCCCCCCCCCCCC(=O)OCC(COC(=O)CCCCCCCCCCCCCCC)OC(=O)CCCCCCCCCCCCCCCC. The Morgan fingerprint density at radius 2 is 0.429 bits per heavy atom. The quantitative estimate of drug-likeness (QED) is 0.0344. The number of rotatable bonds is 53. The van der Waals surface area contributed by atoms with Crippen molar-refractivity contribution in [3.05, 3.63) is 0 Å². The van der Waals surface area contributed by atoms with E-state index in [0.29, 0.717) is 19.3 Å². The van der Waals surface area contributed by atoms with Crippen LogP contribution in [0.5, 0.6) is 0 Å². The summed E-state index contributed by atoms with van der Waals surface area (Å²) in [6.45, 7) is 6.70. The first-order valence-electron chi connectivity index (χ1n) is 28.5. The molecule has 0 aliphatic carbocycles. The van der Waals surface area contributed by atoms with Gasteiger partial charge in [0.15, 0.2) is 6.10 Å². The molecule has 0 saturated carbocycles. The first-order valence-corrected chi connectivity index (χ1v) is 28.5. The minimum absolute atomic E-state index is 0.0611. The molecule has 0 bridgehead atoms. The van der Waals surface area contributed by atoms with E-state index in [0.717, 1.165) is 57.8 Å². The fourth-order valence-electron chi connectivity index (χ4n) is 8.80. The molecule has 0 spiro atoms. The molecule has 0 radical (unpaired) electrons. The van der Waals surface area contributed by atoms with Crippen molar-refractivity contribution in [1.82, 2.24) is 0 Å². The molecule has 6 heteroatoms. The van der Waals surface area contributed by atoms with Gasteiger partial charge in [-0.15, -0.1) is 0 Å². The first kappa shape index (κ1) is 61.4. The van der Waals surface area contributed by atoms with Gasteiger partial charge in [0.1, 0.15) is 13.2 Å². The van der Waals surface area contributed by atoms with Crippen LogP contribution in [0.15, 0.2) is 0 Å². The predicted octanol–water partition coefficient (Wildman–Crippen LogP) is 18.8. The van der Waals surface area contributed by atoms with Crippen LogP contribution >= 0.6 is 0 Å². The van der Waals surface area contributed by atoms with Crippen LogP contribution in [-0.4, -0.2) is 37.2 Å². The van der Waals surface area contributed by atoms with E-state index in [-0.39, 0.29) is 31.1 Å². The number of unbranched alkanes of at least 4 members (excludes halogenated alkanes) is 42. The van der Waals surface area contributed by atoms with Gasteiger partial charge in [0.2, 0.25) is 0 Å². The van der Waals surface area contributed by atoms with Crippen molar-refractivity contribution in [1.29, 1.82) is 0 Å². The summed E-state index contributed by atoms with van der Waals surface area (Å²) >= 11 is 0. The summed E-state index contributed by atoms with van der Waals surface area (Å²) in [6, 6.07) is 0. The van der Waals surface area contributed by atoms with Crippen LogP contribution in [0.4, 0.5) is 0 Å². The molecule has 0 saturated heterocycles. The van der Waals surface area contributed by atoms with E-state index in [1.807, 2.05) is 0 Å². The Kier molecular flexibility index (Phi) is 51.7. The van der Waals surface area contributed by atoms with Gasteiger partial charge in [-0.3, -0.25) is 14.4 Å². The van der Waals surface area contributed by atoms with Gasteiger partial charge in [-0.2, -0.15) is 0 Å². The van der Waals surface area contributed by atoms with Gasteiger partial charge in [0.25, 0.3) is 0 Å². The van der Waals surface area contributed by atoms with Crippen molar-refractivity contribution in [3.63, 3.8) is 0 Å². The molecule has 0 aromatic heterocycles. The largest absolute Gasteiger partial charge is 0.462 e. The van der Waals surface area contributed by atoms with Gasteiger partial charge in [-0.05, 0) is 19.3 Å². The zero-order valence-corrected chi connectivity index (χ0v) is 42.9. The molecule has 374 valence electrons. The van der Waals surface area contributed by atoms with Crippen molar-refractivity contribution in [2.75, 3.05) is 13.2 Å². The van der Waals surface area contributed by atoms with E-state index in [4.69, 9.17) is 14.2 Å². The third kappa shape index (κ3) is 51.3. The Labute approximate surface area is 393 Å². The number of ether oxygens (including phenoxy) is 3. The van der Waals surface area contributed by atoms with Crippen molar-refractivity contribution in [3.8, 4) is 0 Å². The van der Waals surface area contributed by atoms with E-state index in [2.05, 4.69) is 20.8 Å². The lowest BCUT2D eigenvalue weighted by Gasteiger charge is -2.18. The highest BCUT2D eigenvalue weighted by molar-refractivity contribution is 5.71. The molecular weight excluding hydrogens is 781 g/mol. The molecule has 63 heavy (non-hydrogen) atoms. The third-order valence-electron chi connectivity index (χ3n) is 13.1. The van der Waals surface area contributed by atoms with Gasteiger partial charge < -0.3 is 14.2 Å². The normalized spacial score (nSPS) is 11.9. The molecule has 6 nitrogen and oxygen atoms in total. The molecule has 0 amide bonds. The number of carbonyl (C=O) groups excluding carboxylic acids is 3. The highest BCUT2D eigenvalue weighted by Gasteiger charge is 2.19. The van der Waals surface area contributed by atoms with Crippen molar-refractivity contribution >= 4 is 17.9 Å². The van der Waals surface area contributed by atoms with Crippen molar-refractivity contribution in [2.24, 2.45) is 0 Å². The maximum absolute atomic E-state index is 12.8. The minimum atomic E-state index is -0.760. The maximum Gasteiger partial charge on any atom is 0.306 e. The summed E-state index contributed by atoms with van der Waals surface area (Å²) in [5.74, 6) is -0.833. The highest BCUT2D eigenvalue weighted by atomic mass is 16.6.